The Balaban J connectivity index is 1.50. The first-order chi connectivity index (χ1) is 13.6. The Hall–Kier alpha value is -3.19. The summed E-state index contributed by atoms with van der Waals surface area (Å²) in [7, 11) is 0. The number of aryl methyl sites for hydroxylation is 1. The molecule has 7 nitrogen and oxygen atoms in total. The molecule has 3 aromatic rings. The minimum absolute atomic E-state index is 0.125. The van der Waals surface area contributed by atoms with Crippen LogP contribution in [0, 0.1) is 6.92 Å². The van der Waals surface area contributed by atoms with Crippen molar-refractivity contribution in [1.82, 2.24) is 15.0 Å². The van der Waals surface area contributed by atoms with Crippen molar-refractivity contribution in [3.05, 3.63) is 65.5 Å². The summed E-state index contributed by atoms with van der Waals surface area (Å²) >= 11 is 0. The van der Waals surface area contributed by atoms with E-state index in [9.17, 15) is 9.90 Å². The van der Waals surface area contributed by atoms with E-state index in [0.717, 1.165) is 25.3 Å². The van der Waals surface area contributed by atoms with Crippen molar-refractivity contribution in [1.29, 1.82) is 0 Å². The highest BCUT2D eigenvalue weighted by Gasteiger charge is 2.29. The maximum absolute atomic E-state index is 11.9. The van der Waals surface area contributed by atoms with E-state index in [1.165, 1.54) is 5.56 Å². The van der Waals surface area contributed by atoms with Crippen LogP contribution >= 0.6 is 0 Å². The van der Waals surface area contributed by atoms with Gasteiger partial charge in [0.25, 0.3) is 0 Å². The number of aromatic nitrogens is 2. The van der Waals surface area contributed by atoms with Crippen molar-refractivity contribution < 1.29 is 14.4 Å². The van der Waals surface area contributed by atoms with Crippen LogP contribution in [0.4, 0.5) is 5.82 Å². The lowest BCUT2D eigenvalue weighted by Crippen LogP contribution is -2.46. The molecule has 0 saturated carbocycles. The first-order valence-electron chi connectivity index (χ1n) is 9.29. The molecule has 1 N–H and O–H groups in total. The number of nitrogens with zero attached hydrogens (tertiary/aromatic N) is 4. The van der Waals surface area contributed by atoms with Gasteiger partial charge in [-0.05, 0) is 18.6 Å². The molecule has 2 aromatic heterocycles. The van der Waals surface area contributed by atoms with E-state index in [-0.39, 0.29) is 5.56 Å². The summed E-state index contributed by atoms with van der Waals surface area (Å²) in [5.41, 5.74) is 3.10. The summed E-state index contributed by atoms with van der Waals surface area (Å²) in [6, 6.07) is 13.2. The number of hydrogen-bond donors (Lipinski definition) is 1. The van der Waals surface area contributed by atoms with Crippen LogP contribution in [0.25, 0.3) is 11.3 Å². The molecule has 0 unspecified atom stereocenters. The maximum atomic E-state index is 11.9. The molecule has 3 heterocycles. The predicted octanol–water partition coefficient (Wildman–Crippen LogP) is 3.07. The second-order valence-electron chi connectivity index (χ2n) is 6.91. The van der Waals surface area contributed by atoms with E-state index in [1.807, 2.05) is 47.5 Å². The van der Waals surface area contributed by atoms with E-state index < -0.39 is 5.97 Å². The monoisotopic (exact) mass is 378 g/mol. The molecular formula is C21H22N4O3. The Bertz CT molecular complexity index is 963. The fraction of sp³-hybridized carbons (Fsp3) is 0.286. The molecule has 144 valence electrons. The number of carboxylic acids is 1. The Kier molecular flexibility index (Phi) is 5.08. The summed E-state index contributed by atoms with van der Waals surface area (Å²) in [4.78, 5) is 20.7. The van der Waals surface area contributed by atoms with Gasteiger partial charge in [-0.25, -0.2) is 4.79 Å². The Morgan fingerprint density at radius 1 is 1.11 bits per heavy atom. The molecule has 1 aliphatic rings. The van der Waals surface area contributed by atoms with Crippen molar-refractivity contribution in [2.45, 2.75) is 13.5 Å². The van der Waals surface area contributed by atoms with Crippen LogP contribution < -0.4 is 4.90 Å². The number of benzene rings is 1. The average Bonchev–Trinajstić information content (AvgIpc) is 3.16. The van der Waals surface area contributed by atoms with Crippen LogP contribution in [0.1, 0.15) is 21.6 Å². The number of hydrogen-bond acceptors (Lipinski definition) is 6. The summed E-state index contributed by atoms with van der Waals surface area (Å²) in [5.74, 6) is -0.323. The lowest BCUT2D eigenvalue weighted by Gasteiger charge is -2.34. The van der Waals surface area contributed by atoms with Crippen LogP contribution in [0.15, 0.2) is 53.2 Å². The van der Waals surface area contributed by atoms with Crippen LogP contribution in [-0.2, 0) is 6.54 Å². The van der Waals surface area contributed by atoms with Gasteiger partial charge in [0.1, 0.15) is 0 Å². The first kappa shape index (κ1) is 18.2. The molecule has 0 amide bonds. The van der Waals surface area contributed by atoms with E-state index in [1.54, 1.807) is 0 Å². The van der Waals surface area contributed by atoms with E-state index >= 15 is 0 Å². The number of piperazine rings is 1. The summed E-state index contributed by atoms with van der Waals surface area (Å²) in [5, 5.41) is 13.9. The normalized spacial score (nSPS) is 15.0. The quantitative estimate of drug-likeness (QED) is 0.730. The zero-order valence-electron chi connectivity index (χ0n) is 15.7. The number of pyridine rings is 1. The van der Waals surface area contributed by atoms with Gasteiger partial charge in [-0.15, -0.1) is 0 Å². The topological polar surface area (TPSA) is 82.7 Å². The highest BCUT2D eigenvalue weighted by molar-refractivity contribution is 5.99. The van der Waals surface area contributed by atoms with Crippen molar-refractivity contribution >= 4 is 11.8 Å². The van der Waals surface area contributed by atoms with Gasteiger partial charge < -0.3 is 14.5 Å². The van der Waals surface area contributed by atoms with Crippen molar-refractivity contribution in [2.75, 3.05) is 31.1 Å². The van der Waals surface area contributed by atoms with Gasteiger partial charge in [0.15, 0.2) is 17.1 Å². The van der Waals surface area contributed by atoms with E-state index in [4.69, 9.17) is 4.52 Å². The molecule has 0 aliphatic carbocycles. The molecule has 28 heavy (non-hydrogen) atoms. The molecule has 0 radical (unpaired) electrons. The fourth-order valence-corrected chi connectivity index (χ4v) is 3.49. The van der Waals surface area contributed by atoms with Crippen molar-refractivity contribution in [3.8, 4) is 11.3 Å². The molecule has 1 aromatic carbocycles. The highest BCUT2D eigenvalue weighted by atomic mass is 16.5. The summed E-state index contributed by atoms with van der Waals surface area (Å²) in [6.45, 7) is 5.85. The van der Waals surface area contributed by atoms with Gasteiger partial charge in [-0.3, -0.25) is 9.88 Å². The molecule has 0 bridgehead atoms. The smallest absolute Gasteiger partial charge is 0.343 e. The van der Waals surface area contributed by atoms with E-state index in [2.05, 4.69) is 28.0 Å². The fourth-order valence-electron chi connectivity index (χ4n) is 3.49. The molecule has 0 atom stereocenters. The van der Waals surface area contributed by atoms with Gasteiger partial charge in [-0.1, -0.05) is 41.6 Å². The van der Waals surface area contributed by atoms with Crippen molar-refractivity contribution in [2.24, 2.45) is 0 Å². The molecule has 1 saturated heterocycles. The predicted molar refractivity (Wildman–Crippen MR) is 105 cm³/mol. The molecule has 4 rings (SSSR count). The molecular weight excluding hydrogens is 356 g/mol. The number of rotatable bonds is 5. The second kappa shape index (κ2) is 7.82. The largest absolute Gasteiger partial charge is 0.477 e. The molecule has 0 spiro atoms. The Morgan fingerprint density at radius 2 is 1.86 bits per heavy atom. The van der Waals surface area contributed by atoms with Gasteiger partial charge in [0.05, 0.1) is 5.69 Å². The minimum atomic E-state index is -1.03. The molecule has 1 aliphatic heterocycles. The lowest BCUT2D eigenvalue weighted by molar-refractivity contribution is 0.0697. The first-order valence-corrected chi connectivity index (χ1v) is 9.29. The number of carboxylic acid groups (broad SMARTS) is 1. The van der Waals surface area contributed by atoms with Crippen LogP contribution in [0.3, 0.4) is 0 Å². The standard InChI is InChI=1S/C21H22N4O3/c1-15-6-5-9-22-17(15)14-24-10-12-25(13-11-24)20-18(21(26)27)19(28-23-20)16-7-3-2-4-8-16/h2-9H,10-14H2,1H3,(H,26,27). The number of anilines is 1. The number of carbonyl (C=O) groups is 1. The maximum Gasteiger partial charge on any atom is 0.343 e. The zero-order valence-corrected chi connectivity index (χ0v) is 15.7. The van der Waals surface area contributed by atoms with Gasteiger partial charge in [0.2, 0.25) is 0 Å². The number of aromatic carboxylic acids is 1. The minimum Gasteiger partial charge on any atom is -0.477 e. The van der Waals surface area contributed by atoms with Crippen molar-refractivity contribution in [3.63, 3.8) is 0 Å². The second-order valence-corrected chi connectivity index (χ2v) is 6.91. The SMILES string of the molecule is Cc1cccnc1CN1CCN(c2noc(-c3ccccc3)c2C(=O)O)CC1. The van der Waals surface area contributed by atoms with E-state index in [0.29, 0.717) is 30.2 Å². The molecule has 7 heteroatoms. The van der Waals surface area contributed by atoms with Crippen LogP contribution in [-0.4, -0.2) is 52.3 Å². The average molecular weight is 378 g/mol. The Labute approximate surface area is 163 Å². The summed E-state index contributed by atoms with van der Waals surface area (Å²) < 4.78 is 5.44. The summed E-state index contributed by atoms with van der Waals surface area (Å²) in [6.07, 6.45) is 1.82. The Morgan fingerprint density at radius 3 is 2.54 bits per heavy atom. The third kappa shape index (κ3) is 3.61. The van der Waals surface area contributed by atoms with Gasteiger partial charge in [0, 0.05) is 44.5 Å². The van der Waals surface area contributed by atoms with Gasteiger partial charge >= 0.3 is 5.97 Å². The van der Waals surface area contributed by atoms with Gasteiger partial charge in [-0.2, -0.15) is 0 Å². The third-order valence-corrected chi connectivity index (χ3v) is 5.09. The van der Waals surface area contributed by atoms with Crippen LogP contribution in [0.2, 0.25) is 0 Å². The lowest BCUT2D eigenvalue weighted by atomic mass is 10.1. The molecule has 1 fully saturated rings. The zero-order chi connectivity index (χ0) is 19.5. The highest BCUT2D eigenvalue weighted by Crippen LogP contribution is 2.31. The van der Waals surface area contributed by atoms with Crippen LogP contribution in [0.5, 0.6) is 0 Å². The third-order valence-electron chi connectivity index (χ3n) is 5.09.